The monoisotopic (exact) mass is 904 g/mol. The van der Waals surface area contributed by atoms with Crippen molar-refractivity contribution in [1.82, 2.24) is 4.90 Å². The van der Waals surface area contributed by atoms with Gasteiger partial charge in [-0.2, -0.15) is 0 Å². The minimum atomic E-state index is -1.49. The minimum Gasteiger partial charge on any atom is -0.459 e. The molecule has 340 valence electrons. The molecule has 3 aromatic rings. The number of hydrogen-bond donors (Lipinski definition) is 2. The lowest BCUT2D eigenvalue weighted by molar-refractivity contribution is -0.256. The van der Waals surface area contributed by atoms with E-state index in [2.05, 4.69) is 18.7 Å². The molecule has 12 nitrogen and oxygen atoms in total. The molecule has 63 heavy (non-hydrogen) atoms. The Labute approximate surface area is 380 Å². The summed E-state index contributed by atoms with van der Waals surface area (Å²) in [5.41, 5.74) is 2.71. The van der Waals surface area contributed by atoms with Crippen LogP contribution in [0.1, 0.15) is 82.8 Å². The molecule has 0 aromatic heterocycles. The third kappa shape index (κ3) is 10.6. The summed E-state index contributed by atoms with van der Waals surface area (Å²) in [7, 11) is 0. The van der Waals surface area contributed by atoms with Crippen molar-refractivity contribution < 1.29 is 48.3 Å². The Kier molecular flexibility index (Phi) is 15.6. The van der Waals surface area contributed by atoms with Gasteiger partial charge in [0.15, 0.2) is 11.5 Å². The fourth-order valence-electron chi connectivity index (χ4n) is 9.43. The molecule has 0 bridgehead atoms. The quantitative estimate of drug-likeness (QED) is 0.0368. The molecule has 2 heterocycles. The number of amides is 1. The predicted octanol–water partition coefficient (Wildman–Crippen LogP) is 10.2. The summed E-state index contributed by atoms with van der Waals surface area (Å²) in [5.74, 6) is 1.14. The first-order valence-electron chi connectivity index (χ1n) is 22.0. The van der Waals surface area contributed by atoms with Gasteiger partial charge in [-0.1, -0.05) is 36.2 Å². The second-order valence-electron chi connectivity index (χ2n) is 17.4. The molecule has 6 atom stereocenters. The molecule has 6 unspecified atom stereocenters. The molecule has 1 saturated carbocycles. The van der Waals surface area contributed by atoms with Crippen LogP contribution in [0.15, 0.2) is 95.0 Å². The molecule has 1 fully saturated rings. The highest BCUT2D eigenvalue weighted by Crippen LogP contribution is 2.62. The van der Waals surface area contributed by atoms with Gasteiger partial charge in [-0.15, -0.1) is 29.9 Å². The van der Waals surface area contributed by atoms with Crippen LogP contribution < -0.4 is 18.9 Å². The number of rotatable bonds is 20. The molecule has 2 aliphatic carbocycles. The van der Waals surface area contributed by atoms with Crippen LogP contribution in [0.2, 0.25) is 0 Å². The molecule has 3 aromatic carbocycles. The van der Waals surface area contributed by atoms with E-state index in [1.807, 2.05) is 81.6 Å². The number of oxime groups is 1. The third-order valence-electron chi connectivity index (χ3n) is 12.1. The van der Waals surface area contributed by atoms with Crippen molar-refractivity contribution in [3.63, 3.8) is 0 Å². The molecule has 7 rings (SSSR count). The second kappa shape index (κ2) is 21.1. The highest BCUT2D eigenvalue weighted by Gasteiger charge is 2.66. The first kappa shape index (κ1) is 46.6. The minimum absolute atomic E-state index is 0.00845. The Balaban J connectivity index is 1.45. The van der Waals surface area contributed by atoms with E-state index < -0.39 is 29.4 Å². The Bertz CT molecular complexity index is 2110. The normalized spacial score (nSPS) is 23.8. The fraction of sp³-hybridized carbons (Fsp3) is 0.510. The van der Waals surface area contributed by atoms with E-state index in [-0.39, 0.29) is 69.8 Å². The van der Waals surface area contributed by atoms with Crippen LogP contribution in [0.3, 0.4) is 0 Å². The zero-order valence-corrected chi connectivity index (χ0v) is 38.3. The lowest BCUT2D eigenvalue weighted by Gasteiger charge is -2.60. The van der Waals surface area contributed by atoms with Crippen molar-refractivity contribution in [2.24, 2.45) is 22.9 Å². The van der Waals surface area contributed by atoms with Gasteiger partial charge < -0.3 is 43.5 Å². The van der Waals surface area contributed by atoms with Gasteiger partial charge in [-0.05, 0) is 130 Å². The number of fused-ring (bicyclic) bond motifs is 3. The van der Waals surface area contributed by atoms with E-state index in [0.717, 1.165) is 47.3 Å². The zero-order valence-electron chi connectivity index (χ0n) is 36.8. The van der Waals surface area contributed by atoms with Crippen LogP contribution in [0.4, 0.5) is 4.79 Å². The maximum atomic E-state index is 14.7. The van der Waals surface area contributed by atoms with Crippen molar-refractivity contribution >= 4 is 35.2 Å². The molecule has 2 aliphatic heterocycles. The van der Waals surface area contributed by atoms with Gasteiger partial charge in [0.05, 0.1) is 24.1 Å². The van der Waals surface area contributed by atoms with Crippen molar-refractivity contribution in [1.29, 1.82) is 0 Å². The summed E-state index contributed by atoms with van der Waals surface area (Å²) in [4.78, 5) is 23.7. The number of nitrogens with zero attached hydrogens (tertiary/aromatic N) is 2. The maximum absolute atomic E-state index is 14.7. The fourth-order valence-corrected chi connectivity index (χ4v) is 9.92. The standard InChI is InChI=1S/C49H61ClN2O10S/c1-6-24-59-49-44(52(47(55)56-25-21-50)30-32-13-19-42-43(26-32)58-31-57-42)29-40(51-62-48(2,3)4)38-27-33(11-7-9-22-53)37(12-8-10-23-54)45(46(38)49)39-28-35(16-20-41(39)61-49)60-34-14-17-36(63-5)18-15-34/h6,13-20,26-28,33,37,44-46,53-54H,1,7-12,21-25,29-31H2,2-5H3. The van der Waals surface area contributed by atoms with E-state index in [1.54, 1.807) is 22.7 Å². The van der Waals surface area contributed by atoms with Crippen LogP contribution in [0.25, 0.3) is 0 Å². The van der Waals surface area contributed by atoms with Gasteiger partial charge in [0.2, 0.25) is 12.6 Å². The topological polar surface area (TPSA) is 138 Å². The summed E-state index contributed by atoms with van der Waals surface area (Å²) < 4.78 is 38.3. The molecule has 1 amide bonds. The smallest absolute Gasteiger partial charge is 0.410 e. The summed E-state index contributed by atoms with van der Waals surface area (Å²) >= 11 is 7.80. The zero-order chi connectivity index (χ0) is 44.6. The van der Waals surface area contributed by atoms with E-state index in [0.29, 0.717) is 47.3 Å². The lowest BCUT2D eigenvalue weighted by atomic mass is 9.55. The maximum Gasteiger partial charge on any atom is 0.410 e. The number of ether oxygens (including phenoxy) is 6. The average Bonchev–Trinajstić information content (AvgIpc) is 3.75. The van der Waals surface area contributed by atoms with Gasteiger partial charge in [0, 0.05) is 42.6 Å². The van der Waals surface area contributed by atoms with Crippen molar-refractivity contribution in [2.45, 2.75) is 101 Å². The van der Waals surface area contributed by atoms with E-state index in [1.165, 1.54) is 0 Å². The molecular formula is C49H61ClN2O10S. The number of hydrogen-bond acceptors (Lipinski definition) is 12. The number of aliphatic hydroxyl groups is 2. The number of aliphatic hydroxyl groups excluding tert-OH is 2. The number of thioether (sulfide) groups is 1. The molecule has 2 N–H and O–H groups in total. The van der Waals surface area contributed by atoms with E-state index in [9.17, 15) is 15.0 Å². The van der Waals surface area contributed by atoms with Crippen LogP contribution in [-0.2, 0) is 20.9 Å². The Hall–Kier alpha value is -4.40. The first-order chi connectivity index (χ1) is 30.5. The second-order valence-corrected chi connectivity index (χ2v) is 18.6. The molecule has 0 spiro atoms. The van der Waals surface area contributed by atoms with Gasteiger partial charge in [-0.3, -0.25) is 4.90 Å². The highest BCUT2D eigenvalue weighted by atomic mass is 35.5. The number of unbranched alkanes of at least 4 members (excludes halogenated alkanes) is 2. The largest absolute Gasteiger partial charge is 0.459 e. The van der Waals surface area contributed by atoms with Gasteiger partial charge in [0.25, 0.3) is 0 Å². The Morgan fingerprint density at radius 3 is 2.43 bits per heavy atom. The van der Waals surface area contributed by atoms with Gasteiger partial charge in [-0.25, -0.2) is 4.79 Å². The number of benzene rings is 3. The third-order valence-corrected chi connectivity index (χ3v) is 13.0. The number of carbonyl (C=O) groups is 1. The number of allylic oxidation sites excluding steroid dienone is 1. The number of halogens is 1. The summed E-state index contributed by atoms with van der Waals surface area (Å²) in [5, 5.41) is 24.9. The van der Waals surface area contributed by atoms with Crippen molar-refractivity contribution in [3.8, 4) is 28.7 Å². The molecule has 14 heteroatoms. The van der Waals surface area contributed by atoms with Crippen LogP contribution in [0, 0.1) is 17.8 Å². The SMILES string of the molecule is C=CCOC12Oc3ccc(Oc4ccc(SC)cc4)cc3C3C(CCCCO)C(CCCCO)C=C(C(=NOC(C)(C)C)CC1N(Cc1ccc4c(c1)OCO4)C(=O)OCCCl)C32. The summed E-state index contributed by atoms with van der Waals surface area (Å²) in [6, 6.07) is 18.7. The predicted molar refractivity (Wildman–Crippen MR) is 244 cm³/mol. The van der Waals surface area contributed by atoms with Crippen LogP contribution in [0.5, 0.6) is 28.7 Å². The van der Waals surface area contributed by atoms with E-state index >= 15 is 0 Å². The molecule has 4 aliphatic rings. The molecular weight excluding hydrogens is 844 g/mol. The van der Waals surface area contributed by atoms with Gasteiger partial charge in [0.1, 0.15) is 35.5 Å². The number of alkyl halides is 1. The first-order valence-corrected chi connectivity index (χ1v) is 23.7. The van der Waals surface area contributed by atoms with Crippen molar-refractivity contribution in [3.05, 3.63) is 96.1 Å². The van der Waals surface area contributed by atoms with Crippen LogP contribution >= 0.6 is 23.4 Å². The van der Waals surface area contributed by atoms with Gasteiger partial charge >= 0.3 is 6.09 Å². The average molecular weight is 906 g/mol. The Morgan fingerprint density at radius 1 is 0.984 bits per heavy atom. The summed E-state index contributed by atoms with van der Waals surface area (Å²) in [6.07, 6.45) is 10.2. The summed E-state index contributed by atoms with van der Waals surface area (Å²) in [6.45, 7) is 10.4. The lowest BCUT2D eigenvalue weighted by Crippen LogP contribution is -2.70. The van der Waals surface area contributed by atoms with E-state index in [4.69, 9.17) is 50.0 Å². The molecule has 0 saturated heterocycles. The van der Waals surface area contributed by atoms with Crippen LogP contribution in [-0.4, -0.2) is 89.7 Å². The highest BCUT2D eigenvalue weighted by molar-refractivity contribution is 7.98. The van der Waals surface area contributed by atoms with Crippen molar-refractivity contribution in [2.75, 3.05) is 45.4 Å². The Morgan fingerprint density at radius 2 is 1.71 bits per heavy atom. The number of carbonyl (C=O) groups excluding carboxylic acids is 1. The molecule has 0 radical (unpaired) electrons.